The van der Waals surface area contributed by atoms with Gasteiger partial charge in [-0.15, -0.1) is 0 Å². The second-order valence-corrected chi connectivity index (χ2v) is 6.90. The van der Waals surface area contributed by atoms with Crippen LogP contribution in [0.1, 0.15) is 54.9 Å². The number of carbonyl (C=O) groups excluding carboxylic acids is 1. The lowest BCUT2D eigenvalue weighted by Crippen LogP contribution is -2.40. The number of esters is 1. The number of allylic oxidation sites excluding steroid dienone is 1. The highest BCUT2D eigenvalue weighted by atomic mass is 16.5. The first-order chi connectivity index (χ1) is 12.1. The highest BCUT2D eigenvalue weighted by Crippen LogP contribution is 2.32. The third kappa shape index (κ3) is 4.41. The second-order valence-electron chi connectivity index (χ2n) is 6.90. The molecule has 1 saturated heterocycles. The van der Waals surface area contributed by atoms with Gasteiger partial charge in [-0.05, 0) is 37.3 Å². The van der Waals surface area contributed by atoms with Gasteiger partial charge in [0, 0.05) is 12.8 Å². The number of phenolic OH excluding ortho intramolecular Hbond substituents is 1. The fraction of sp³-hybridized carbons (Fsp3) is 0.550. The van der Waals surface area contributed by atoms with E-state index in [1.807, 2.05) is 18.2 Å². The van der Waals surface area contributed by atoms with Crippen molar-refractivity contribution in [2.24, 2.45) is 0 Å². The van der Waals surface area contributed by atoms with Crippen molar-refractivity contribution in [3.05, 3.63) is 41.5 Å². The zero-order chi connectivity index (χ0) is 17.8. The number of ether oxygens (including phenoxy) is 2. The molecule has 2 heterocycles. The number of hydrogen-bond donors (Lipinski definition) is 2. The van der Waals surface area contributed by atoms with Crippen LogP contribution in [0, 0.1) is 0 Å². The Morgan fingerprint density at radius 1 is 1.20 bits per heavy atom. The Kier molecular flexibility index (Phi) is 5.76. The van der Waals surface area contributed by atoms with Crippen LogP contribution in [0.4, 0.5) is 0 Å². The van der Waals surface area contributed by atoms with Crippen molar-refractivity contribution in [2.75, 3.05) is 0 Å². The summed E-state index contributed by atoms with van der Waals surface area (Å²) in [6.07, 6.45) is 6.67. The largest absolute Gasteiger partial charge is 0.507 e. The SMILES string of the molecule is CC/C=C/CC1C[C@H]2CC(O)CC(Cc3cccc(O)c3C(=O)O1)O2. The van der Waals surface area contributed by atoms with Crippen LogP contribution in [0.15, 0.2) is 30.4 Å². The number of aromatic hydroxyl groups is 1. The summed E-state index contributed by atoms with van der Waals surface area (Å²) >= 11 is 0. The number of cyclic esters (lactones) is 1. The number of rotatable bonds is 3. The van der Waals surface area contributed by atoms with E-state index in [0.29, 0.717) is 37.7 Å². The molecule has 0 saturated carbocycles. The lowest BCUT2D eigenvalue weighted by molar-refractivity contribution is -0.109. The van der Waals surface area contributed by atoms with Gasteiger partial charge in [0.1, 0.15) is 17.4 Å². The molecule has 2 aliphatic heterocycles. The highest BCUT2D eigenvalue weighted by molar-refractivity contribution is 5.94. The summed E-state index contributed by atoms with van der Waals surface area (Å²) in [6.45, 7) is 2.05. The molecule has 5 heteroatoms. The van der Waals surface area contributed by atoms with Gasteiger partial charge < -0.3 is 19.7 Å². The lowest BCUT2D eigenvalue weighted by atomic mass is 9.91. The Balaban J connectivity index is 1.92. The molecule has 0 radical (unpaired) electrons. The molecule has 4 atom stereocenters. The van der Waals surface area contributed by atoms with E-state index in [-0.39, 0.29) is 29.6 Å². The molecular weight excluding hydrogens is 320 g/mol. The summed E-state index contributed by atoms with van der Waals surface area (Å²) in [7, 11) is 0. The summed E-state index contributed by atoms with van der Waals surface area (Å²) in [6, 6.07) is 5.02. The van der Waals surface area contributed by atoms with E-state index in [4.69, 9.17) is 9.47 Å². The zero-order valence-electron chi connectivity index (χ0n) is 14.6. The van der Waals surface area contributed by atoms with E-state index in [1.165, 1.54) is 6.07 Å². The molecule has 0 spiro atoms. The number of fused-ring (bicyclic) bond motifs is 3. The summed E-state index contributed by atoms with van der Waals surface area (Å²) in [5, 5.41) is 20.4. The Hall–Kier alpha value is -1.85. The fourth-order valence-corrected chi connectivity index (χ4v) is 3.72. The second kappa shape index (κ2) is 8.02. The molecule has 2 aliphatic rings. The van der Waals surface area contributed by atoms with Crippen molar-refractivity contribution in [1.29, 1.82) is 0 Å². The van der Waals surface area contributed by atoms with E-state index >= 15 is 0 Å². The van der Waals surface area contributed by atoms with Crippen LogP contribution >= 0.6 is 0 Å². The number of aliphatic hydroxyl groups is 1. The quantitative estimate of drug-likeness (QED) is 0.650. The first-order valence-corrected chi connectivity index (χ1v) is 9.07. The molecule has 0 amide bonds. The van der Waals surface area contributed by atoms with Gasteiger partial charge >= 0.3 is 5.97 Å². The van der Waals surface area contributed by atoms with Crippen LogP contribution in [0.5, 0.6) is 5.75 Å². The Morgan fingerprint density at radius 2 is 2.00 bits per heavy atom. The summed E-state index contributed by atoms with van der Waals surface area (Å²) in [5.74, 6) is -0.553. The Morgan fingerprint density at radius 3 is 2.80 bits per heavy atom. The van der Waals surface area contributed by atoms with Crippen molar-refractivity contribution in [3.63, 3.8) is 0 Å². The van der Waals surface area contributed by atoms with Crippen LogP contribution < -0.4 is 0 Å². The molecule has 2 bridgehead atoms. The number of phenols is 1. The fourth-order valence-electron chi connectivity index (χ4n) is 3.72. The standard InChI is InChI=1S/C20H26O5/c1-2-3-4-7-15-12-17-11-14(21)10-16(24-17)9-13-6-5-8-18(22)19(13)20(23)25-15/h3-6,8,14-17,21-22H,2,7,9-12H2,1H3/b4-3+/t14?,15?,16?,17-/m1/s1. The molecule has 5 nitrogen and oxygen atoms in total. The van der Waals surface area contributed by atoms with Crippen LogP contribution in [0.25, 0.3) is 0 Å². The van der Waals surface area contributed by atoms with Crippen LogP contribution in [0.3, 0.4) is 0 Å². The van der Waals surface area contributed by atoms with Crippen LogP contribution in [0.2, 0.25) is 0 Å². The van der Waals surface area contributed by atoms with Gasteiger partial charge in [-0.3, -0.25) is 0 Å². The molecular formula is C20H26O5. The number of carbonyl (C=O) groups is 1. The molecule has 2 N–H and O–H groups in total. The predicted octanol–water partition coefficient (Wildman–Crippen LogP) is 3.13. The molecule has 1 aromatic carbocycles. The minimum Gasteiger partial charge on any atom is -0.507 e. The van der Waals surface area contributed by atoms with Gasteiger partial charge in [0.05, 0.1) is 18.3 Å². The minimum atomic E-state index is -0.483. The maximum absolute atomic E-state index is 12.7. The number of hydrogen-bond acceptors (Lipinski definition) is 5. The molecule has 3 rings (SSSR count). The van der Waals surface area contributed by atoms with Gasteiger partial charge in [0.2, 0.25) is 0 Å². The monoisotopic (exact) mass is 346 g/mol. The van der Waals surface area contributed by atoms with Gasteiger partial charge in [-0.1, -0.05) is 31.2 Å². The average Bonchev–Trinajstić information content (AvgIpc) is 2.53. The molecule has 1 aromatic rings. The lowest BCUT2D eigenvalue weighted by Gasteiger charge is -2.36. The third-order valence-electron chi connectivity index (χ3n) is 4.84. The van der Waals surface area contributed by atoms with E-state index in [1.54, 1.807) is 6.07 Å². The smallest absolute Gasteiger partial charge is 0.342 e. The van der Waals surface area contributed by atoms with Crippen molar-refractivity contribution in [1.82, 2.24) is 0 Å². The van der Waals surface area contributed by atoms with Crippen molar-refractivity contribution >= 4 is 5.97 Å². The molecule has 3 unspecified atom stereocenters. The summed E-state index contributed by atoms with van der Waals surface area (Å²) in [5.41, 5.74) is 0.918. The Bertz CT molecular complexity index is 639. The van der Waals surface area contributed by atoms with Crippen LogP contribution in [-0.4, -0.2) is 40.6 Å². The molecule has 0 aromatic heterocycles. The van der Waals surface area contributed by atoms with Gasteiger partial charge in [-0.2, -0.15) is 0 Å². The van der Waals surface area contributed by atoms with E-state index < -0.39 is 12.1 Å². The molecule has 25 heavy (non-hydrogen) atoms. The van der Waals surface area contributed by atoms with Crippen molar-refractivity contribution < 1.29 is 24.5 Å². The third-order valence-corrected chi connectivity index (χ3v) is 4.84. The van der Waals surface area contributed by atoms with Crippen molar-refractivity contribution in [3.8, 4) is 5.75 Å². The topological polar surface area (TPSA) is 76.0 Å². The normalized spacial score (nSPS) is 29.9. The van der Waals surface area contributed by atoms with Crippen molar-refractivity contribution in [2.45, 2.75) is 69.9 Å². The maximum atomic E-state index is 12.7. The predicted molar refractivity (Wildman–Crippen MR) is 93.6 cm³/mol. The maximum Gasteiger partial charge on any atom is 0.342 e. The zero-order valence-corrected chi connectivity index (χ0v) is 14.6. The summed E-state index contributed by atoms with van der Waals surface area (Å²) in [4.78, 5) is 12.7. The molecule has 1 fully saturated rings. The minimum absolute atomic E-state index is 0.0705. The average molecular weight is 346 g/mol. The summed E-state index contributed by atoms with van der Waals surface area (Å²) < 4.78 is 11.8. The highest BCUT2D eigenvalue weighted by Gasteiger charge is 2.34. The molecule has 136 valence electrons. The van der Waals surface area contributed by atoms with E-state index in [0.717, 1.165) is 6.42 Å². The number of aliphatic hydroxyl groups excluding tert-OH is 1. The van der Waals surface area contributed by atoms with Gasteiger partial charge in [0.15, 0.2) is 0 Å². The van der Waals surface area contributed by atoms with E-state index in [2.05, 4.69) is 6.92 Å². The molecule has 0 aliphatic carbocycles. The Labute approximate surface area is 148 Å². The number of benzene rings is 1. The van der Waals surface area contributed by atoms with Crippen LogP contribution in [-0.2, 0) is 15.9 Å². The first kappa shape index (κ1) is 18.0. The first-order valence-electron chi connectivity index (χ1n) is 9.07. The van der Waals surface area contributed by atoms with E-state index in [9.17, 15) is 15.0 Å². The van der Waals surface area contributed by atoms with Gasteiger partial charge in [0.25, 0.3) is 0 Å². The van der Waals surface area contributed by atoms with Gasteiger partial charge in [-0.25, -0.2) is 4.79 Å².